The zero-order chi connectivity index (χ0) is 8.81. The van der Waals surface area contributed by atoms with Crippen molar-refractivity contribution in [3.63, 3.8) is 0 Å². The van der Waals surface area contributed by atoms with Gasteiger partial charge in [-0.05, 0) is 6.92 Å². The van der Waals surface area contributed by atoms with Crippen LogP contribution in [0.3, 0.4) is 0 Å². The second-order valence-electron chi connectivity index (χ2n) is 2.02. The Hall–Kier alpha value is -1.76. The molecule has 1 amide bonds. The Balaban J connectivity index is 2.43. The van der Waals surface area contributed by atoms with Gasteiger partial charge < -0.3 is 9.84 Å². The summed E-state index contributed by atoms with van der Waals surface area (Å²) in [5.74, 6) is 5.15. The second kappa shape index (κ2) is 4.19. The number of hydrogen-bond donors (Lipinski definition) is 1. The number of nitrogens with zero attached hydrogens (tertiary/aromatic N) is 1. The lowest BCUT2D eigenvalue weighted by Crippen LogP contribution is -2.22. The van der Waals surface area contributed by atoms with Crippen LogP contribution in [0.5, 0.6) is 0 Å². The van der Waals surface area contributed by atoms with Crippen molar-refractivity contribution >= 4 is 5.91 Å². The molecule has 1 rings (SSSR count). The van der Waals surface area contributed by atoms with Crippen LogP contribution in [0, 0.1) is 11.8 Å². The number of aromatic nitrogens is 1. The van der Waals surface area contributed by atoms with Crippen molar-refractivity contribution in [2.24, 2.45) is 0 Å². The molecular weight excluding hydrogens is 156 g/mol. The molecule has 0 aliphatic rings. The largest absolute Gasteiger partial charge is 0.364 e. The van der Waals surface area contributed by atoms with Gasteiger partial charge in [0.05, 0.1) is 18.3 Å². The van der Waals surface area contributed by atoms with Gasteiger partial charge in [0.15, 0.2) is 0 Å². The summed E-state index contributed by atoms with van der Waals surface area (Å²) in [7, 11) is 0. The molecule has 4 heteroatoms. The molecule has 0 fully saturated rings. The van der Waals surface area contributed by atoms with Gasteiger partial charge >= 0.3 is 0 Å². The molecule has 1 aromatic heterocycles. The Morgan fingerprint density at radius 2 is 2.67 bits per heavy atom. The van der Waals surface area contributed by atoms with E-state index in [0.717, 1.165) is 0 Å². The Kier molecular flexibility index (Phi) is 2.91. The first-order chi connectivity index (χ1) is 5.84. The Morgan fingerprint density at radius 3 is 3.25 bits per heavy atom. The first-order valence-corrected chi connectivity index (χ1v) is 3.42. The smallest absolute Gasteiger partial charge is 0.256 e. The minimum Gasteiger partial charge on any atom is -0.364 e. The third-order valence-electron chi connectivity index (χ3n) is 1.21. The summed E-state index contributed by atoms with van der Waals surface area (Å²) in [5, 5.41) is 5.97. The van der Waals surface area contributed by atoms with Gasteiger partial charge in [0.25, 0.3) is 5.91 Å². The minimum atomic E-state index is -0.223. The molecule has 0 bridgehead atoms. The zero-order valence-corrected chi connectivity index (χ0v) is 6.63. The van der Waals surface area contributed by atoms with E-state index in [1.54, 1.807) is 6.92 Å². The highest BCUT2D eigenvalue weighted by Crippen LogP contribution is 1.94. The van der Waals surface area contributed by atoms with Crippen molar-refractivity contribution in [2.45, 2.75) is 6.92 Å². The van der Waals surface area contributed by atoms with Crippen molar-refractivity contribution in [1.82, 2.24) is 10.5 Å². The average molecular weight is 164 g/mol. The lowest BCUT2D eigenvalue weighted by Gasteiger charge is -1.94. The van der Waals surface area contributed by atoms with Crippen LogP contribution in [-0.2, 0) is 0 Å². The fourth-order valence-electron chi connectivity index (χ4n) is 0.632. The lowest BCUT2D eigenvalue weighted by molar-refractivity contribution is 0.0958. The van der Waals surface area contributed by atoms with Crippen LogP contribution in [0.4, 0.5) is 0 Å². The molecule has 0 spiro atoms. The van der Waals surface area contributed by atoms with E-state index in [-0.39, 0.29) is 5.91 Å². The monoisotopic (exact) mass is 164 g/mol. The number of hydrogen-bond acceptors (Lipinski definition) is 3. The molecule has 62 valence electrons. The van der Waals surface area contributed by atoms with E-state index in [0.29, 0.717) is 12.1 Å². The highest BCUT2D eigenvalue weighted by Gasteiger charge is 2.04. The van der Waals surface area contributed by atoms with E-state index in [1.165, 1.54) is 12.5 Å². The fourth-order valence-corrected chi connectivity index (χ4v) is 0.632. The molecule has 0 aliphatic heterocycles. The highest BCUT2D eigenvalue weighted by molar-refractivity contribution is 5.93. The molecule has 0 aromatic carbocycles. The van der Waals surface area contributed by atoms with E-state index in [4.69, 9.17) is 0 Å². The molecule has 0 saturated heterocycles. The SMILES string of the molecule is CC#CCNC(=O)c1cnoc1. The fraction of sp³-hybridized carbons (Fsp3) is 0.250. The summed E-state index contributed by atoms with van der Waals surface area (Å²) in [5.41, 5.74) is 0.410. The van der Waals surface area contributed by atoms with Gasteiger partial charge in [-0.25, -0.2) is 0 Å². The summed E-state index contributed by atoms with van der Waals surface area (Å²) < 4.78 is 4.50. The van der Waals surface area contributed by atoms with E-state index in [2.05, 4.69) is 26.8 Å². The number of rotatable bonds is 2. The quantitative estimate of drug-likeness (QED) is 0.645. The molecule has 1 N–H and O–H groups in total. The lowest BCUT2D eigenvalue weighted by atomic mass is 10.3. The average Bonchev–Trinajstić information content (AvgIpc) is 2.56. The molecule has 1 heterocycles. The van der Waals surface area contributed by atoms with Gasteiger partial charge in [-0.3, -0.25) is 4.79 Å². The standard InChI is InChI=1S/C8H8N2O2/c1-2-3-4-9-8(11)7-5-10-12-6-7/h5-6H,4H2,1H3,(H,9,11). The Bertz CT molecular complexity index is 306. The van der Waals surface area contributed by atoms with Gasteiger partial charge in [0.2, 0.25) is 0 Å². The van der Waals surface area contributed by atoms with Crippen molar-refractivity contribution in [3.05, 3.63) is 18.0 Å². The Labute approximate surface area is 69.9 Å². The maximum Gasteiger partial charge on any atom is 0.256 e. The minimum absolute atomic E-state index is 0.223. The molecule has 1 aromatic rings. The van der Waals surface area contributed by atoms with E-state index >= 15 is 0 Å². The number of carbonyl (C=O) groups excluding carboxylic acids is 1. The molecule has 0 unspecified atom stereocenters. The molecule has 12 heavy (non-hydrogen) atoms. The van der Waals surface area contributed by atoms with Crippen LogP contribution in [0.2, 0.25) is 0 Å². The third-order valence-corrected chi connectivity index (χ3v) is 1.21. The predicted octanol–water partition coefficient (Wildman–Crippen LogP) is 0.428. The van der Waals surface area contributed by atoms with Crippen LogP contribution in [0.25, 0.3) is 0 Å². The van der Waals surface area contributed by atoms with E-state index < -0.39 is 0 Å². The first-order valence-electron chi connectivity index (χ1n) is 3.42. The van der Waals surface area contributed by atoms with Gasteiger partial charge in [0.1, 0.15) is 6.26 Å². The molecular formula is C8H8N2O2. The summed E-state index contributed by atoms with van der Waals surface area (Å²) in [6.45, 7) is 2.06. The third kappa shape index (κ3) is 2.13. The van der Waals surface area contributed by atoms with Gasteiger partial charge in [0, 0.05) is 0 Å². The number of nitrogens with one attached hydrogen (secondary N) is 1. The maximum absolute atomic E-state index is 11.1. The first kappa shape index (κ1) is 8.34. The molecule has 0 radical (unpaired) electrons. The van der Waals surface area contributed by atoms with Crippen molar-refractivity contribution in [1.29, 1.82) is 0 Å². The van der Waals surface area contributed by atoms with Gasteiger partial charge in [-0.1, -0.05) is 11.1 Å². The number of carbonyl (C=O) groups is 1. The van der Waals surface area contributed by atoms with Crippen LogP contribution in [-0.4, -0.2) is 17.6 Å². The molecule has 0 aliphatic carbocycles. The molecule has 0 saturated carbocycles. The van der Waals surface area contributed by atoms with Gasteiger partial charge in [-0.15, -0.1) is 5.92 Å². The summed E-state index contributed by atoms with van der Waals surface area (Å²) in [6.07, 6.45) is 2.64. The topological polar surface area (TPSA) is 55.1 Å². The molecule has 0 atom stereocenters. The zero-order valence-electron chi connectivity index (χ0n) is 6.63. The normalized spacial score (nSPS) is 8.42. The summed E-state index contributed by atoms with van der Waals surface area (Å²) in [6, 6.07) is 0. The van der Waals surface area contributed by atoms with Crippen LogP contribution in [0.1, 0.15) is 17.3 Å². The Morgan fingerprint density at radius 1 is 1.83 bits per heavy atom. The van der Waals surface area contributed by atoms with E-state index in [9.17, 15) is 4.79 Å². The highest BCUT2D eigenvalue weighted by atomic mass is 16.5. The second-order valence-corrected chi connectivity index (χ2v) is 2.02. The van der Waals surface area contributed by atoms with Crippen LogP contribution < -0.4 is 5.32 Å². The number of amides is 1. The molecule has 4 nitrogen and oxygen atoms in total. The van der Waals surface area contributed by atoms with Crippen molar-refractivity contribution < 1.29 is 9.32 Å². The van der Waals surface area contributed by atoms with Crippen molar-refractivity contribution in [3.8, 4) is 11.8 Å². The van der Waals surface area contributed by atoms with Crippen molar-refractivity contribution in [2.75, 3.05) is 6.54 Å². The summed E-state index contributed by atoms with van der Waals surface area (Å²) in [4.78, 5) is 11.1. The maximum atomic E-state index is 11.1. The van der Waals surface area contributed by atoms with E-state index in [1.807, 2.05) is 0 Å². The predicted molar refractivity (Wildman–Crippen MR) is 42.3 cm³/mol. The van der Waals surface area contributed by atoms with Crippen LogP contribution in [0.15, 0.2) is 17.0 Å². The van der Waals surface area contributed by atoms with Crippen LogP contribution >= 0.6 is 0 Å². The van der Waals surface area contributed by atoms with Gasteiger partial charge in [-0.2, -0.15) is 0 Å². The summed E-state index contributed by atoms with van der Waals surface area (Å²) >= 11 is 0.